The lowest BCUT2D eigenvalue weighted by molar-refractivity contribution is -0.0225. The highest BCUT2D eigenvalue weighted by Gasteiger charge is 2.40. The fourth-order valence-electron chi connectivity index (χ4n) is 3.52. The van der Waals surface area contributed by atoms with E-state index >= 15 is 0 Å². The minimum absolute atomic E-state index is 0.0917. The second kappa shape index (κ2) is 6.90. The number of ketones is 1. The Hall–Kier alpha value is -2.38. The van der Waals surface area contributed by atoms with E-state index in [-0.39, 0.29) is 45.8 Å². The number of phenols is 1. The first kappa shape index (κ1) is 20.4. The van der Waals surface area contributed by atoms with Crippen molar-refractivity contribution >= 4 is 16.8 Å². The van der Waals surface area contributed by atoms with Gasteiger partial charge in [-0.25, -0.2) is 4.79 Å². The van der Waals surface area contributed by atoms with Gasteiger partial charge in [-0.15, -0.1) is 0 Å². The summed E-state index contributed by atoms with van der Waals surface area (Å²) in [6, 6.07) is 1.18. The van der Waals surface area contributed by atoms with Gasteiger partial charge in [-0.05, 0) is 20.3 Å². The molecule has 3 N–H and O–H groups in total. The van der Waals surface area contributed by atoms with Crippen LogP contribution in [0.25, 0.3) is 11.0 Å². The molecule has 7 heteroatoms. The maximum Gasteiger partial charge on any atom is 0.336 e. The molecule has 0 aliphatic carbocycles. The number of rotatable bonds is 5. The lowest BCUT2D eigenvalue weighted by Gasteiger charge is -2.25. The maximum absolute atomic E-state index is 12.8. The van der Waals surface area contributed by atoms with E-state index in [2.05, 4.69) is 0 Å². The van der Waals surface area contributed by atoms with Gasteiger partial charge in [0.05, 0.1) is 17.1 Å². The number of ether oxygens (including phenoxy) is 1. The molecule has 0 amide bonds. The standard InChI is InChI=1S/C21H26O7/c1-6-12(22)10-8-14(23)28-20-15(10)19-11(7-13(27-19)21(4,5)26)18(25)16(20)17(24)9(2)3/h8-9,12-13,22,25-26H,6-7H2,1-5H3/t12-,13-/m0/s1. The Morgan fingerprint density at radius 3 is 2.54 bits per heavy atom. The number of aliphatic hydroxyl groups is 2. The number of fused-ring (bicyclic) bond motifs is 3. The topological polar surface area (TPSA) is 117 Å². The Balaban J connectivity index is 2.46. The summed E-state index contributed by atoms with van der Waals surface area (Å²) in [6.07, 6.45) is -1.14. The quantitative estimate of drug-likeness (QED) is 0.531. The van der Waals surface area contributed by atoms with Crippen LogP contribution in [0.4, 0.5) is 0 Å². The molecule has 2 atom stereocenters. The predicted molar refractivity (Wildman–Crippen MR) is 103 cm³/mol. The summed E-state index contributed by atoms with van der Waals surface area (Å²) in [5.74, 6) is -0.918. The predicted octanol–water partition coefficient (Wildman–Crippen LogP) is 2.86. The molecule has 0 unspecified atom stereocenters. The zero-order chi connectivity index (χ0) is 21.0. The fraction of sp³-hybridized carbons (Fsp3) is 0.524. The molecule has 0 saturated heterocycles. The van der Waals surface area contributed by atoms with E-state index in [9.17, 15) is 24.9 Å². The molecule has 152 valence electrons. The number of carbonyl (C=O) groups is 1. The van der Waals surface area contributed by atoms with Crippen LogP contribution in [0.5, 0.6) is 11.5 Å². The van der Waals surface area contributed by atoms with Crippen molar-refractivity contribution in [2.24, 2.45) is 5.92 Å². The normalized spacial score (nSPS) is 17.6. The molecule has 7 nitrogen and oxygen atoms in total. The number of phenolic OH excluding ortho intramolecular Hbond substituents is 1. The Labute approximate surface area is 162 Å². The van der Waals surface area contributed by atoms with Crippen molar-refractivity contribution in [3.05, 3.63) is 33.2 Å². The van der Waals surface area contributed by atoms with Gasteiger partial charge >= 0.3 is 5.63 Å². The minimum Gasteiger partial charge on any atom is -0.507 e. The molecule has 1 aromatic carbocycles. The highest BCUT2D eigenvalue weighted by Crippen LogP contribution is 2.48. The second-order valence-electron chi connectivity index (χ2n) is 8.16. The number of carbonyl (C=O) groups excluding carboxylic acids is 1. The van der Waals surface area contributed by atoms with E-state index in [1.54, 1.807) is 34.6 Å². The minimum atomic E-state index is -1.21. The zero-order valence-corrected chi connectivity index (χ0v) is 16.7. The molecule has 1 aliphatic heterocycles. The molecule has 0 fully saturated rings. The highest BCUT2D eigenvalue weighted by molar-refractivity contribution is 6.12. The Kier molecular flexibility index (Phi) is 5.02. The smallest absolute Gasteiger partial charge is 0.336 e. The van der Waals surface area contributed by atoms with Crippen molar-refractivity contribution in [3.63, 3.8) is 0 Å². The number of hydrogen-bond acceptors (Lipinski definition) is 7. The average molecular weight is 390 g/mol. The van der Waals surface area contributed by atoms with Crippen LogP contribution in [-0.4, -0.2) is 32.8 Å². The Morgan fingerprint density at radius 2 is 2.00 bits per heavy atom. The van der Waals surface area contributed by atoms with E-state index < -0.39 is 29.4 Å². The third-order valence-electron chi connectivity index (χ3n) is 5.20. The van der Waals surface area contributed by atoms with Crippen molar-refractivity contribution in [2.75, 3.05) is 0 Å². The van der Waals surface area contributed by atoms with Gasteiger partial charge in [-0.1, -0.05) is 20.8 Å². The van der Waals surface area contributed by atoms with Crippen molar-refractivity contribution in [3.8, 4) is 11.5 Å². The number of hydrogen-bond donors (Lipinski definition) is 3. The van der Waals surface area contributed by atoms with Gasteiger partial charge in [0.15, 0.2) is 11.4 Å². The van der Waals surface area contributed by atoms with Gasteiger partial charge in [0.25, 0.3) is 0 Å². The number of Topliss-reactive ketones (excluding diaryl/α,β-unsaturated/α-hetero) is 1. The largest absolute Gasteiger partial charge is 0.507 e. The first-order valence-electron chi connectivity index (χ1n) is 9.44. The first-order valence-corrected chi connectivity index (χ1v) is 9.44. The van der Waals surface area contributed by atoms with Crippen LogP contribution in [0, 0.1) is 5.92 Å². The lowest BCUT2D eigenvalue weighted by Crippen LogP contribution is -2.39. The van der Waals surface area contributed by atoms with Crippen LogP contribution in [0.15, 0.2) is 15.3 Å². The molecule has 1 aliphatic rings. The molecular formula is C21H26O7. The lowest BCUT2D eigenvalue weighted by atomic mass is 9.90. The molecule has 0 bridgehead atoms. The molecule has 0 saturated carbocycles. The first-order chi connectivity index (χ1) is 13.0. The third kappa shape index (κ3) is 3.18. The molecule has 1 aromatic heterocycles. The van der Waals surface area contributed by atoms with Crippen LogP contribution in [-0.2, 0) is 6.42 Å². The molecule has 0 radical (unpaired) electrons. The Morgan fingerprint density at radius 1 is 1.36 bits per heavy atom. The third-order valence-corrected chi connectivity index (χ3v) is 5.20. The van der Waals surface area contributed by atoms with Crippen LogP contribution < -0.4 is 10.4 Å². The molecule has 0 spiro atoms. The van der Waals surface area contributed by atoms with E-state index in [0.29, 0.717) is 12.0 Å². The summed E-state index contributed by atoms with van der Waals surface area (Å²) < 4.78 is 11.3. The monoisotopic (exact) mass is 390 g/mol. The summed E-state index contributed by atoms with van der Waals surface area (Å²) in [5, 5.41) is 32.0. The van der Waals surface area contributed by atoms with E-state index in [0.717, 1.165) is 0 Å². The van der Waals surface area contributed by atoms with Crippen molar-refractivity contribution in [1.29, 1.82) is 0 Å². The number of benzene rings is 1. The molecule has 28 heavy (non-hydrogen) atoms. The van der Waals surface area contributed by atoms with Crippen LogP contribution in [0.2, 0.25) is 0 Å². The van der Waals surface area contributed by atoms with E-state index in [1.807, 2.05) is 0 Å². The van der Waals surface area contributed by atoms with Gasteiger partial charge in [0.1, 0.15) is 23.2 Å². The van der Waals surface area contributed by atoms with Gasteiger partial charge in [-0.3, -0.25) is 4.79 Å². The fourth-order valence-corrected chi connectivity index (χ4v) is 3.52. The maximum atomic E-state index is 12.8. The average Bonchev–Trinajstić information content (AvgIpc) is 3.06. The highest BCUT2D eigenvalue weighted by atomic mass is 16.5. The molecular weight excluding hydrogens is 364 g/mol. The van der Waals surface area contributed by atoms with E-state index in [1.165, 1.54) is 6.07 Å². The van der Waals surface area contributed by atoms with Crippen LogP contribution in [0.1, 0.15) is 68.6 Å². The Bertz CT molecular complexity index is 995. The van der Waals surface area contributed by atoms with Gasteiger partial charge in [0, 0.05) is 29.5 Å². The van der Waals surface area contributed by atoms with Crippen molar-refractivity contribution < 1.29 is 29.3 Å². The second-order valence-corrected chi connectivity index (χ2v) is 8.16. The van der Waals surface area contributed by atoms with Crippen molar-refractivity contribution in [1.82, 2.24) is 0 Å². The summed E-state index contributed by atoms with van der Waals surface area (Å²) >= 11 is 0. The summed E-state index contributed by atoms with van der Waals surface area (Å²) in [5.41, 5.74) is -1.49. The van der Waals surface area contributed by atoms with E-state index in [4.69, 9.17) is 9.15 Å². The summed E-state index contributed by atoms with van der Waals surface area (Å²) in [6.45, 7) is 8.29. The summed E-state index contributed by atoms with van der Waals surface area (Å²) in [4.78, 5) is 25.0. The molecule has 2 heterocycles. The van der Waals surface area contributed by atoms with Crippen LogP contribution >= 0.6 is 0 Å². The number of aromatic hydroxyl groups is 1. The SMILES string of the molecule is CC[C@H](O)c1cc(=O)oc2c(C(=O)C(C)C)c(O)c3c(c12)O[C@H](C(C)(C)O)C3. The summed E-state index contributed by atoms with van der Waals surface area (Å²) in [7, 11) is 0. The zero-order valence-electron chi connectivity index (χ0n) is 16.7. The van der Waals surface area contributed by atoms with Crippen LogP contribution in [0.3, 0.4) is 0 Å². The molecule has 2 aromatic rings. The van der Waals surface area contributed by atoms with Gasteiger partial charge in [0.2, 0.25) is 0 Å². The molecule has 3 rings (SSSR count). The van der Waals surface area contributed by atoms with Gasteiger partial charge in [-0.2, -0.15) is 0 Å². The van der Waals surface area contributed by atoms with Gasteiger partial charge < -0.3 is 24.5 Å². The van der Waals surface area contributed by atoms with Crippen molar-refractivity contribution in [2.45, 2.75) is 65.3 Å². The number of aliphatic hydroxyl groups excluding tert-OH is 1.